The second-order valence-corrected chi connectivity index (χ2v) is 8.94. The molecule has 2 fully saturated rings. The fraction of sp³-hybridized carbons (Fsp3) is 0.480. The second-order valence-electron chi connectivity index (χ2n) is 8.94. The van der Waals surface area contributed by atoms with Gasteiger partial charge in [0.2, 0.25) is 0 Å². The number of nitrogens with zero attached hydrogens (tertiary/aromatic N) is 1. The van der Waals surface area contributed by atoms with Crippen molar-refractivity contribution in [2.24, 2.45) is 5.41 Å². The highest BCUT2D eigenvalue weighted by molar-refractivity contribution is 5.66. The van der Waals surface area contributed by atoms with Crippen LogP contribution >= 0.6 is 0 Å². The highest BCUT2D eigenvalue weighted by Gasteiger charge is 2.41. The summed E-state index contributed by atoms with van der Waals surface area (Å²) in [4.78, 5) is 13.1. The summed E-state index contributed by atoms with van der Waals surface area (Å²) >= 11 is 0. The Labute approximate surface area is 183 Å². The number of carbonyl (C=O) groups is 1. The Balaban J connectivity index is 1.36. The monoisotopic (exact) mass is 426 g/mol. The molecule has 4 rings (SSSR count). The maximum Gasteiger partial charge on any atom is 0.304 e. The predicted molar refractivity (Wildman–Crippen MR) is 118 cm³/mol. The van der Waals surface area contributed by atoms with Gasteiger partial charge >= 0.3 is 5.97 Å². The summed E-state index contributed by atoms with van der Waals surface area (Å²) in [6.07, 6.45) is 3.10. The zero-order valence-electron chi connectivity index (χ0n) is 17.8. The summed E-state index contributed by atoms with van der Waals surface area (Å²) in [5, 5.41) is 12.7. The van der Waals surface area contributed by atoms with Crippen molar-refractivity contribution in [3.05, 3.63) is 66.0 Å². The molecule has 1 saturated carbocycles. The number of hydrogen-bond donors (Lipinski definition) is 2. The van der Waals surface area contributed by atoms with Gasteiger partial charge in [0, 0.05) is 30.5 Å². The number of rotatable bonds is 10. The SMILES string of the molecule is O=C(O)CCN1CCC(CN[C@@H]2C[C@H]2c2ccccc2)(COc2ccccc2F)CC1. The third-order valence-electron chi connectivity index (χ3n) is 6.69. The van der Waals surface area contributed by atoms with Crippen molar-refractivity contribution in [3.8, 4) is 5.75 Å². The number of carboxylic acids is 1. The molecule has 0 spiro atoms. The molecule has 0 bridgehead atoms. The van der Waals surface area contributed by atoms with Crippen LogP contribution in [-0.4, -0.2) is 54.8 Å². The molecule has 0 amide bonds. The lowest BCUT2D eigenvalue weighted by Crippen LogP contribution is -2.49. The minimum Gasteiger partial charge on any atom is -0.490 e. The maximum atomic E-state index is 14.1. The fourth-order valence-electron chi connectivity index (χ4n) is 4.51. The molecule has 0 aromatic heterocycles. The number of hydrogen-bond acceptors (Lipinski definition) is 4. The zero-order valence-corrected chi connectivity index (χ0v) is 17.8. The molecule has 2 N–H and O–H groups in total. The molecule has 1 aliphatic heterocycles. The number of benzene rings is 2. The molecule has 1 saturated heterocycles. The van der Waals surface area contributed by atoms with Gasteiger partial charge in [-0.25, -0.2) is 4.39 Å². The summed E-state index contributed by atoms with van der Waals surface area (Å²) in [7, 11) is 0. The van der Waals surface area contributed by atoms with Gasteiger partial charge in [0.05, 0.1) is 13.0 Å². The predicted octanol–water partition coefficient (Wildman–Crippen LogP) is 3.91. The lowest BCUT2D eigenvalue weighted by molar-refractivity contribution is -0.137. The van der Waals surface area contributed by atoms with E-state index in [9.17, 15) is 9.18 Å². The second kappa shape index (κ2) is 9.79. The van der Waals surface area contributed by atoms with Crippen LogP contribution < -0.4 is 10.1 Å². The van der Waals surface area contributed by atoms with Crippen molar-refractivity contribution < 1.29 is 19.0 Å². The first-order chi connectivity index (χ1) is 15.0. The van der Waals surface area contributed by atoms with Crippen LogP contribution in [-0.2, 0) is 4.79 Å². The highest BCUT2D eigenvalue weighted by atomic mass is 19.1. The van der Waals surface area contributed by atoms with Gasteiger partial charge in [0.25, 0.3) is 0 Å². The molecule has 1 heterocycles. The number of halogens is 1. The van der Waals surface area contributed by atoms with Crippen molar-refractivity contribution in [1.82, 2.24) is 10.2 Å². The molecular formula is C25H31FN2O3. The first kappa shape index (κ1) is 21.8. The average Bonchev–Trinajstić information content (AvgIpc) is 3.57. The van der Waals surface area contributed by atoms with E-state index in [0.29, 0.717) is 30.9 Å². The number of para-hydroxylation sites is 1. The standard InChI is InChI=1S/C25H31FN2O3/c26-21-8-4-5-9-23(21)31-18-25(11-14-28(15-12-25)13-10-24(29)30)17-27-22-16-20(22)19-6-2-1-3-7-19/h1-9,20,22,27H,10-18H2,(H,29,30)/t20-,22+/m0/s1. The molecule has 2 aliphatic rings. The van der Waals surface area contributed by atoms with Crippen LogP contribution in [0.5, 0.6) is 5.75 Å². The number of ether oxygens (including phenoxy) is 1. The Kier molecular flexibility index (Phi) is 6.88. The Morgan fingerprint density at radius 2 is 1.84 bits per heavy atom. The summed E-state index contributed by atoms with van der Waals surface area (Å²) in [5.41, 5.74) is 1.28. The number of aliphatic carboxylic acids is 1. The zero-order chi connectivity index (χ0) is 21.7. The summed E-state index contributed by atoms with van der Waals surface area (Å²) in [6.45, 7) is 3.52. The van der Waals surface area contributed by atoms with Crippen molar-refractivity contribution in [2.45, 2.75) is 37.6 Å². The van der Waals surface area contributed by atoms with E-state index >= 15 is 0 Å². The van der Waals surface area contributed by atoms with E-state index in [4.69, 9.17) is 9.84 Å². The van der Waals surface area contributed by atoms with E-state index in [2.05, 4.69) is 34.5 Å². The minimum absolute atomic E-state index is 0.0914. The minimum atomic E-state index is -0.762. The molecular weight excluding hydrogens is 395 g/mol. The first-order valence-electron chi connectivity index (χ1n) is 11.1. The van der Waals surface area contributed by atoms with Gasteiger partial charge in [0.15, 0.2) is 11.6 Å². The summed E-state index contributed by atoms with van der Waals surface area (Å²) < 4.78 is 20.0. The van der Waals surface area contributed by atoms with Crippen molar-refractivity contribution in [3.63, 3.8) is 0 Å². The number of likely N-dealkylation sites (tertiary alicyclic amines) is 1. The molecule has 6 heteroatoms. The molecule has 5 nitrogen and oxygen atoms in total. The average molecular weight is 427 g/mol. The number of piperidine rings is 1. The van der Waals surface area contributed by atoms with Crippen LogP contribution in [0.15, 0.2) is 54.6 Å². The van der Waals surface area contributed by atoms with E-state index in [1.54, 1.807) is 18.2 Å². The van der Waals surface area contributed by atoms with Crippen molar-refractivity contribution in [2.75, 3.05) is 32.8 Å². The molecule has 0 radical (unpaired) electrons. The topological polar surface area (TPSA) is 61.8 Å². The molecule has 166 valence electrons. The lowest BCUT2D eigenvalue weighted by Gasteiger charge is -2.41. The molecule has 0 unspecified atom stereocenters. The third kappa shape index (κ3) is 5.83. The van der Waals surface area contributed by atoms with E-state index in [0.717, 1.165) is 38.9 Å². The number of nitrogens with one attached hydrogen (secondary N) is 1. The Morgan fingerprint density at radius 1 is 1.13 bits per heavy atom. The quantitative estimate of drug-likeness (QED) is 0.603. The Bertz CT molecular complexity index is 868. The third-order valence-corrected chi connectivity index (χ3v) is 6.69. The van der Waals surface area contributed by atoms with Gasteiger partial charge in [-0.1, -0.05) is 42.5 Å². The van der Waals surface area contributed by atoms with Gasteiger partial charge in [0.1, 0.15) is 0 Å². The van der Waals surface area contributed by atoms with Crippen LogP contribution in [0.1, 0.15) is 37.2 Å². The fourth-order valence-corrected chi connectivity index (χ4v) is 4.51. The molecule has 1 aliphatic carbocycles. The molecule has 31 heavy (non-hydrogen) atoms. The van der Waals surface area contributed by atoms with Crippen LogP contribution in [0.3, 0.4) is 0 Å². The van der Waals surface area contributed by atoms with Crippen LogP contribution in [0.4, 0.5) is 4.39 Å². The molecule has 2 atom stereocenters. The van der Waals surface area contributed by atoms with Crippen LogP contribution in [0.25, 0.3) is 0 Å². The van der Waals surface area contributed by atoms with E-state index in [-0.39, 0.29) is 17.7 Å². The van der Waals surface area contributed by atoms with Gasteiger partial charge in [-0.2, -0.15) is 0 Å². The van der Waals surface area contributed by atoms with Gasteiger partial charge in [-0.15, -0.1) is 0 Å². The van der Waals surface area contributed by atoms with E-state index in [1.165, 1.54) is 11.6 Å². The summed E-state index contributed by atoms with van der Waals surface area (Å²) in [5.74, 6) is -0.247. The van der Waals surface area contributed by atoms with Crippen molar-refractivity contribution >= 4 is 5.97 Å². The van der Waals surface area contributed by atoms with Gasteiger partial charge in [-0.3, -0.25) is 4.79 Å². The maximum absolute atomic E-state index is 14.1. The van der Waals surface area contributed by atoms with Crippen LogP contribution in [0, 0.1) is 11.2 Å². The van der Waals surface area contributed by atoms with Crippen molar-refractivity contribution in [1.29, 1.82) is 0 Å². The van der Waals surface area contributed by atoms with E-state index in [1.807, 2.05) is 6.07 Å². The smallest absolute Gasteiger partial charge is 0.304 e. The van der Waals surface area contributed by atoms with Crippen LogP contribution in [0.2, 0.25) is 0 Å². The molecule has 2 aromatic rings. The summed E-state index contributed by atoms with van der Waals surface area (Å²) in [6, 6.07) is 17.6. The largest absolute Gasteiger partial charge is 0.490 e. The van der Waals surface area contributed by atoms with Gasteiger partial charge < -0.3 is 20.1 Å². The lowest BCUT2D eigenvalue weighted by atomic mass is 9.78. The normalized spacial score (nSPS) is 22.7. The first-order valence-corrected chi connectivity index (χ1v) is 11.1. The van der Waals surface area contributed by atoms with Gasteiger partial charge in [-0.05, 0) is 50.0 Å². The Hall–Kier alpha value is -2.44. The highest BCUT2D eigenvalue weighted by Crippen LogP contribution is 2.42. The Morgan fingerprint density at radius 3 is 2.55 bits per heavy atom. The van der Waals surface area contributed by atoms with E-state index < -0.39 is 5.97 Å². The number of carboxylic acid groups (broad SMARTS) is 1. The molecule has 2 aromatic carbocycles.